The van der Waals surface area contributed by atoms with Crippen molar-refractivity contribution in [3.8, 4) is 11.3 Å². The Morgan fingerprint density at radius 3 is 2.96 bits per heavy atom. The Bertz CT molecular complexity index is 923. The molecular weight excluding hydrogens is 364 g/mol. The molecule has 2 N–H and O–H groups in total. The van der Waals surface area contributed by atoms with E-state index in [1.165, 1.54) is 11.3 Å². The number of thiazole rings is 1. The largest absolute Gasteiger partial charge is 0.472 e. The van der Waals surface area contributed by atoms with Crippen LogP contribution < -0.4 is 5.32 Å². The Morgan fingerprint density at radius 1 is 1.33 bits per heavy atom. The van der Waals surface area contributed by atoms with E-state index < -0.39 is 0 Å². The van der Waals surface area contributed by atoms with Crippen LogP contribution in [-0.2, 0) is 17.8 Å². The van der Waals surface area contributed by atoms with Gasteiger partial charge in [-0.15, -0.1) is 11.3 Å². The van der Waals surface area contributed by atoms with Crippen LogP contribution in [0.3, 0.4) is 0 Å². The summed E-state index contributed by atoms with van der Waals surface area (Å²) < 4.78 is 4.98. The molecule has 0 aliphatic carbocycles. The summed E-state index contributed by atoms with van der Waals surface area (Å²) in [5, 5.41) is 5.49. The maximum atomic E-state index is 12.4. The SMILES string of the molecule is O=C(Cc1nc(-c2c[nH]c(C(=O)N3CCCC3)c2)cs1)NCc1ccoc1. The van der Waals surface area contributed by atoms with E-state index in [0.717, 1.165) is 47.8 Å². The third-order valence-electron chi connectivity index (χ3n) is 4.54. The van der Waals surface area contributed by atoms with Crippen LogP contribution in [0.1, 0.15) is 33.9 Å². The second-order valence-electron chi connectivity index (χ2n) is 6.51. The summed E-state index contributed by atoms with van der Waals surface area (Å²) in [6, 6.07) is 3.65. The molecule has 8 heteroatoms. The van der Waals surface area contributed by atoms with Gasteiger partial charge in [0.05, 0.1) is 24.6 Å². The van der Waals surface area contributed by atoms with E-state index in [2.05, 4.69) is 15.3 Å². The molecule has 4 heterocycles. The van der Waals surface area contributed by atoms with Crippen molar-refractivity contribution in [3.05, 3.63) is 52.5 Å². The Kier molecular flexibility index (Phi) is 5.06. The number of likely N-dealkylation sites (tertiary alicyclic amines) is 1. The Balaban J connectivity index is 1.36. The number of nitrogens with one attached hydrogen (secondary N) is 2. The minimum atomic E-state index is -0.0870. The fourth-order valence-electron chi connectivity index (χ4n) is 3.07. The maximum absolute atomic E-state index is 12.4. The van der Waals surface area contributed by atoms with Crippen molar-refractivity contribution in [3.63, 3.8) is 0 Å². The molecule has 1 aliphatic heterocycles. The van der Waals surface area contributed by atoms with Gasteiger partial charge in [0.1, 0.15) is 10.7 Å². The number of hydrogen-bond donors (Lipinski definition) is 2. The van der Waals surface area contributed by atoms with Gasteiger partial charge < -0.3 is 19.6 Å². The minimum absolute atomic E-state index is 0.0350. The predicted molar refractivity (Wildman–Crippen MR) is 101 cm³/mol. The third-order valence-corrected chi connectivity index (χ3v) is 5.38. The molecule has 0 spiro atoms. The highest BCUT2D eigenvalue weighted by Crippen LogP contribution is 2.24. The minimum Gasteiger partial charge on any atom is -0.472 e. The molecular formula is C19H20N4O3S. The summed E-state index contributed by atoms with van der Waals surface area (Å²) in [7, 11) is 0. The molecule has 0 aromatic carbocycles. The molecule has 3 aromatic rings. The van der Waals surface area contributed by atoms with Crippen LogP contribution in [0.15, 0.2) is 40.7 Å². The van der Waals surface area contributed by atoms with Crippen LogP contribution in [0, 0.1) is 0 Å². The van der Waals surface area contributed by atoms with Crippen molar-refractivity contribution in [1.29, 1.82) is 0 Å². The standard InChI is InChI=1S/C19H20N4O3S/c24-17(21-9-13-3-6-26-11-13)8-18-22-16(12-27-18)14-7-15(20-10-14)19(25)23-4-1-2-5-23/h3,6-7,10-12,20H,1-2,4-5,8-9H2,(H,21,24). The lowest BCUT2D eigenvalue weighted by Gasteiger charge is -2.13. The zero-order valence-corrected chi connectivity index (χ0v) is 15.6. The molecule has 1 saturated heterocycles. The molecule has 7 nitrogen and oxygen atoms in total. The molecule has 0 unspecified atom stereocenters. The van der Waals surface area contributed by atoms with Gasteiger partial charge in [0.15, 0.2) is 0 Å². The third kappa shape index (κ3) is 4.11. The summed E-state index contributed by atoms with van der Waals surface area (Å²) in [5.41, 5.74) is 3.14. The van der Waals surface area contributed by atoms with E-state index in [1.54, 1.807) is 18.7 Å². The van der Waals surface area contributed by atoms with Gasteiger partial charge in [-0.1, -0.05) is 0 Å². The lowest BCUT2D eigenvalue weighted by molar-refractivity contribution is -0.120. The highest BCUT2D eigenvalue weighted by Gasteiger charge is 2.21. The molecule has 0 atom stereocenters. The zero-order chi connectivity index (χ0) is 18.6. The number of hydrogen-bond acceptors (Lipinski definition) is 5. The lowest BCUT2D eigenvalue weighted by Crippen LogP contribution is -2.27. The van der Waals surface area contributed by atoms with Gasteiger partial charge in [0.25, 0.3) is 5.91 Å². The van der Waals surface area contributed by atoms with E-state index in [-0.39, 0.29) is 18.2 Å². The van der Waals surface area contributed by atoms with E-state index in [9.17, 15) is 9.59 Å². The van der Waals surface area contributed by atoms with Crippen molar-refractivity contribution in [2.45, 2.75) is 25.8 Å². The Hall–Kier alpha value is -2.87. The second kappa shape index (κ2) is 7.79. The van der Waals surface area contributed by atoms with Crippen LogP contribution in [-0.4, -0.2) is 39.8 Å². The van der Waals surface area contributed by atoms with Gasteiger partial charge in [-0.05, 0) is 25.0 Å². The molecule has 0 radical (unpaired) electrons. The quantitative estimate of drug-likeness (QED) is 0.684. The van der Waals surface area contributed by atoms with Crippen molar-refractivity contribution >= 4 is 23.2 Å². The first-order chi connectivity index (χ1) is 13.2. The first kappa shape index (κ1) is 17.5. The van der Waals surface area contributed by atoms with Gasteiger partial charge in [-0.3, -0.25) is 9.59 Å². The number of carbonyl (C=O) groups excluding carboxylic acids is 2. The first-order valence-corrected chi connectivity index (χ1v) is 9.77. The number of amides is 2. The summed E-state index contributed by atoms with van der Waals surface area (Å²) in [4.78, 5) is 33.9. The smallest absolute Gasteiger partial charge is 0.270 e. The van der Waals surface area contributed by atoms with Gasteiger partial charge in [-0.25, -0.2) is 4.98 Å². The molecule has 2 amide bonds. The molecule has 0 bridgehead atoms. The topological polar surface area (TPSA) is 91.2 Å². The van der Waals surface area contributed by atoms with Gasteiger partial charge >= 0.3 is 0 Å². The first-order valence-electron chi connectivity index (χ1n) is 8.89. The zero-order valence-electron chi connectivity index (χ0n) is 14.7. The average molecular weight is 384 g/mol. The highest BCUT2D eigenvalue weighted by molar-refractivity contribution is 7.10. The normalized spacial score (nSPS) is 13.9. The number of aromatic amines is 1. The number of rotatable bonds is 6. The van der Waals surface area contributed by atoms with Crippen molar-refractivity contribution in [2.75, 3.05) is 13.1 Å². The fraction of sp³-hybridized carbons (Fsp3) is 0.316. The highest BCUT2D eigenvalue weighted by atomic mass is 32.1. The maximum Gasteiger partial charge on any atom is 0.270 e. The van der Waals surface area contributed by atoms with E-state index in [0.29, 0.717) is 12.2 Å². The molecule has 1 fully saturated rings. The molecule has 4 rings (SSSR count). The number of carbonyl (C=O) groups is 2. The van der Waals surface area contributed by atoms with E-state index in [1.807, 2.05) is 22.4 Å². The molecule has 140 valence electrons. The predicted octanol–water partition coefficient (Wildman–Crippen LogP) is 2.83. The lowest BCUT2D eigenvalue weighted by atomic mass is 10.2. The molecule has 3 aromatic heterocycles. The number of H-pyrrole nitrogens is 1. The molecule has 27 heavy (non-hydrogen) atoms. The van der Waals surface area contributed by atoms with Gasteiger partial charge in [0, 0.05) is 42.3 Å². The van der Waals surface area contributed by atoms with Crippen LogP contribution >= 0.6 is 11.3 Å². The number of furan rings is 1. The summed E-state index contributed by atoms with van der Waals surface area (Å²) in [6.07, 6.45) is 7.34. The number of nitrogens with zero attached hydrogens (tertiary/aromatic N) is 2. The van der Waals surface area contributed by atoms with E-state index >= 15 is 0 Å². The summed E-state index contributed by atoms with van der Waals surface area (Å²) in [5.74, 6) is -0.0519. The van der Waals surface area contributed by atoms with Crippen LogP contribution in [0.5, 0.6) is 0 Å². The monoisotopic (exact) mass is 384 g/mol. The van der Waals surface area contributed by atoms with Gasteiger partial charge in [0.2, 0.25) is 5.91 Å². The molecule has 1 aliphatic rings. The van der Waals surface area contributed by atoms with Crippen molar-refractivity contribution in [2.24, 2.45) is 0 Å². The number of aromatic nitrogens is 2. The van der Waals surface area contributed by atoms with Crippen molar-refractivity contribution in [1.82, 2.24) is 20.2 Å². The Labute approximate surface area is 160 Å². The second-order valence-corrected chi connectivity index (χ2v) is 7.46. The van der Waals surface area contributed by atoms with Crippen LogP contribution in [0.2, 0.25) is 0 Å². The summed E-state index contributed by atoms with van der Waals surface area (Å²) in [6.45, 7) is 2.08. The van der Waals surface area contributed by atoms with Crippen molar-refractivity contribution < 1.29 is 14.0 Å². The van der Waals surface area contributed by atoms with Gasteiger partial charge in [-0.2, -0.15) is 0 Å². The van der Waals surface area contributed by atoms with Crippen LogP contribution in [0.4, 0.5) is 0 Å². The van der Waals surface area contributed by atoms with E-state index in [4.69, 9.17) is 4.42 Å². The fourth-order valence-corrected chi connectivity index (χ4v) is 3.88. The average Bonchev–Trinajstić information content (AvgIpc) is 3.47. The Morgan fingerprint density at radius 2 is 2.19 bits per heavy atom. The molecule has 0 saturated carbocycles. The summed E-state index contributed by atoms with van der Waals surface area (Å²) >= 11 is 1.44. The van der Waals surface area contributed by atoms with Crippen LogP contribution in [0.25, 0.3) is 11.3 Å².